The Morgan fingerprint density at radius 2 is 2.05 bits per heavy atom. The minimum Gasteiger partial charge on any atom is -0.298 e. The fourth-order valence-electron chi connectivity index (χ4n) is 3.46. The molecule has 1 aromatic heterocycles. The second kappa shape index (κ2) is 6.75. The highest BCUT2D eigenvalue weighted by molar-refractivity contribution is 8.00. The molecule has 0 saturated heterocycles. The van der Waals surface area contributed by atoms with Gasteiger partial charge in [-0.1, -0.05) is 25.3 Å². The van der Waals surface area contributed by atoms with E-state index < -0.39 is 0 Å². The fourth-order valence-corrected chi connectivity index (χ4v) is 4.72. The van der Waals surface area contributed by atoms with E-state index >= 15 is 0 Å². The predicted octanol–water partition coefficient (Wildman–Crippen LogP) is 4.14. The third kappa shape index (κ3) is 3.25. The number of fused-ring (bicyclic) bond motifs is 1. The summed E-state index contributed by atoms with van der Waals surface area (Å²) in [4.78, 5) is 17.0. The Kier molecular flexibility index (Phi) is 4.77. The maximum atomic E-state index is 12.5. The van der Waals surface area contributed by atoms with Gasteiger partial charge in [0.2, 0.25) is 0 Å². The summed E-state index contributed by atoms with van der Waals surface area (Å²) in [6, 6.07) is 4.12. The summed E-state index contributed by atoms with van der Waals surface area (Å²) in [6.07, 6.45) is 11.7. The molecule has 2 aliphatic rings. The largest absolute Gasteiger partial charge is 0.298 e. The lowest BCUT2D eigenvalue weighted by atomic mass is 9.84. The Morgan fingerprint density at radius 3 is 2.90 bits per heavy atom. The highest BCUT2D eigenvalue weighted by Crippen LogP contribution is 2.33. The van der Waals surface area contributed by atoms with Crippen molar-refractivity contribution in [3.05, 3.63) is 29.6 Å². The Morgan fingerprint density at radius 1 is 1.20 bits per heavy atom. The van der Waals surface area contributed by atoms with Gasteiger partial charge in [0.1, 0.15) is 0 Å². The molecule has 108 valence electrons. The van der Waals surface area contributed by atoms with Gasteiger partial charge in [-0.25, -0.2) is 0 Å². The molecule has 1 atom stereocenters. The number of pyridine rings is 1. The fraction of sp³-hybridized carbons (Fsp3) is 0.647. The van der Waals surface area contributed by atoms with Gasteiger partial charge in [0.05, 0.1) is 17.4 Å². The van der Waals surface area contributed by atoms with Crippen LogP contribution in [0.1, 0.15) is 62.1 Å². The van der Waals surface area contributed by atoms with Crippen LogP contribution >= 0.6 is 11.8 Å². The number of hydrogen-bond donors (Lipinski definition) is 0. The summed E-state index contributed by atoms with van der Waals surface area (Å²) in [6.45, 7) is 0. The Balaban J connectivity index is 1.60. The van der Waals surface area contributed by atoms with Crippen LogP contribution in [0.2, 0.25) is 0 Å². The average Bonchev–Trinajstić information content (AvgIpc) is 2.53. The molecule has 0 spiro atoms. The van der Waals surface area contributed by atoms with Gasteiger partial charge in [-0.15, -0.1) is 0 Å². The number of aromatic nitrogens is 1. The number of thioether (sulfide) groups is 1. The van der Waals surface area contributed by atoms with Crippen LogP contribution in [-0.2, 0) is 11.2 Å². The van der Waals surface area contributed by atoms with Crippen LogP contribution in [0.3, 0.4) is 0 Å². The van der Waals surface area contributed by atoms with Crippen molar-refractivity contribution in [3.8, 4) is 0 Å². The maximum absolute atomic E-state index is 12.5. The first-order valence-corrected chi connectivity index (χ1v) is 8.97. The number of hydrogen-bond acceptors (Lipinski definition) is 3. The number of nitrogens with zero attached hydrogens (tertiary/aromatic N) is 1. The van der Waals surface area contributed by atoms with E-state index in [1.165, 1.54) is 37.7 Å². The van der Waals surface area contributed by atoms with Crippen LogP contribution in [0.25, 0.3) is 0 Å². The van der Waals surface area contributed by atoms with Crippen molar-refractivity contribution in [2.45, 2.75) is 62.5 Å². The number of rotatable bonds is 4. The van der Waals surface area contributed by atoms with Gasteiger partial charge in [-0.05, 0) is 43.7 Å². The second-order valence-corrected chi connectivity index (χ2v) is 7.32. The maximum Gasteiger partial charge on any atom is 0.151 e. The molecule has 0 aromatic carbocycles. The number of Topliss-reactive ketones (excluding diaryl/α,β-unsaturated/α-hetero) is 1. The van der Waals surface area contributed by atoms with Crippen molar-refractivity contribution in [1.29, 1.82) is 0 Å². The van der Waals surface area contributed by atoms with Crippen LogP contribution in [-0.4, -0.2) is 21.8 Å². The van der Waals surface area contributed by atoms with Crippen LogP contribution in [0.15, 0.2) is 18.3 Å². The van der Waals surface area contributed by atoms with Crippen LogP contribution in [0.4, 0.5) is 0 Å². The topological polar surface area (TPSA) is 30.0 Å². The molecule has 2 nitrogen and oxygen atoms in total. The summed E-state index contributed by atoms with van der Waals surface area (Å²) in [7, 11) is 0. The molecule has 3 rings (SSSR count). The van der Waals surface area contributed by atoms with E-state index in [9.17, 15) is 4.79 Å². The second-order valence-electron chi connectivity index (χ2n) is 6.03. The van der Waals surface area contributed by atoms with E-state index in [-0.39, 0.29) is 5.92 Å². The number of aryl methyl sites for hydroxylation is 1. The average molecular weight is 289 g/mol. The number of carbonyl (C=O) groups excluding carboxylic acids is 1. The minimum absolute atomic E-state index is 0.0658. The van der Waals surface area contributed by atoms with Crippen molar-refractivity contribution in [1.82, 2.24) is 4.98 Å². The summed E-state index contributed by atoms with van der Waals surface area (Å²) in [5.74, 6) is 1.15. The highest BCUT2D eigenvalue weighted by Gasteiger charge is 2.28. The van der Waals surface area contributed by atoms with Crippen LogP contribution in [0.5, 0.6) is 0 Å². The lowest BCUT2D eigenvalue weighted by Crippen LogP contribution is -2.22. The van der Waals surface area contributed by atoms with E-state index in [1.54, 1.807) is 0 Å². The highest BCUT2D eigenvalue weighted by atomic mass is 32.2. The quantitative estimate of drug-likeness (QED) is 0.834. The minimum atomic E-state index is 0.0658. The first-order chi connectivity index (χ1) is 9.84. The number of ketones is 1. The SMILES string of the molecule is O=C(CSC1CCCCC1)C1CCCc2cccnc21. The molecule has 0 bridgehead atoms. The molecular formula is C17H23NOS. The van der Waals surface area contributed by atoms with Crippen molar-refractivity contribution in [2.75, 3.05) is 5.75 Å². The molecule has 1 heterocycles. The molecular weight excluding hydrogens is 266 g/mol. The molecule has 0 N–H and O–H groups in total. The molecule has 1 saturated carbocycles. The summed E-state index contributed by atoms with van der Waals surface area (Å²) < 4.78 is 0. The van der Waals surface area contributed by atoms with Gasteiger partial charge in [0.15, 0.2) is 5.78 Å². The van der Waals surface area contributed by atoms with Gasteiger partial charge in [0, 0.05) is 11.4 Å². The van der Waals surface area contributed by atoms with Crippen LogP contribution < -0.4 is 0 Å². The molecule has 2 aliphatic carbocycles. The molecule has 20 heavy (non-hydrogen) atoms. The first kappa shape index (κ1) is 14.1. The van der Waals surface area contributed by atoms with Crippen LogP contribution in [0, 0.1) is 0 Å². The van der Waals surface area contributed by atoms with Crippen molar-refractivity contribution >= 4 is 17.5 Å². The van der Waals surface area contributed by atoms with Crippen molar-refractivity contribution in [3.63, 3.8) is 0 Å². The third-order valence-electron chi connectivity index (χ3n) is 4.60. The van der Waals surface area contributed by atoms with E-state index in [2.05, 4.69) is 11.1 Å². The molecule has 3 heteroatoms. The first-order valence-electron chi connectivity index (χ1n) is 7.92. The third-order valence-corrected chi connectivity index (χ3v) is 5.99. The van der Waals surface area contributed by atoms with Gasteiger partial charge in [-0.3, -0.25) is 9.78 Å². The molecule has 1 unspecified atom stereocenters. The van der Waals surface area contributed by atoms with E-state index in [0.29, 0.717) is 11.5 Å². The normalized spacial score (nSPS) is 23.3. The molecule has 0 amide bonds. The Labute approximate surface area is 125 Å². The molecule has 1 fully saturated rings. The zero-order valence-electron chi connectivity index (χ0n) is 12.0. The summed E-state index contributed by atoms with van der Waals surface area (Å²) in [5, 5.41) is 0.722. The Bertz CT molecular complexity index is 468. The smallest absolute Gasteiger partial charge is 0.151 e. The monoisotopic (exact) mass is 289 g/mol. The lowest BCUT2D eigenvalue weighted by Gasteiger charge is -2.25. The zero-order valence-corrected chi connectivity index (χ0v) is 12.8. The van der Waals surface area contributed by atoms with Crippen molar-refractivity contribution < 1.29 is 4.79 Å². The van der Waals surface area contributed by atoms with Gasteiger partial charge >= 0.3 is 0 Å². The summed E-state index contributed by atoms with van der Waals surface area (Å²) >= 11 is 1.90. The van der Waals surface area contributed by atoms with Gasteiger partial charge in [0.25, 0.3) is 0 Å². The molecule has 1 aromatic rings. The number of carbonyl (C=O) groups is 1. The van der Waals surface area contributed by atoms with E-state index in [0.717, 1.165) is 30.2 Å². The van der Waals surface area contributed by atoms with Gasteiger partial charge < -0.3 is 0 Å². The predicted molar refractivity (Wildman–Crippen MR) is 84.3 cm³/mol. The Hall–Kier alpha value is -0.830. The van der Waals surface area contributed by atoms with E-state index in [1.807, 2.05) is 24.0 Å². The van der Waals surface area contributed by atoms with E-state index in [4.69, 9.17) is 0 Å². The lowest BCUT2D eigenvalue weighted by molar-refractivity contribution is -0.118. The van der Waals surface area contributed by atoms with Gasteiger partial charge in [-0.2, -0.15) is 11.8 Å². The van der Waals surface area contributed by atoms with Crippen molar-refractivity contribution in [2.24, 2.45) is 0 Å². The molecule has 0 aliphatic heterocycles. The summed E-state index contributed by atoms with van der Waals surface area (Å²) in [5.41, 5.74) is 2.35. The molecule has 0 radical (unpaired) electrons. The standard InChI is InChI=1S/C17H23NOS/c19-16(12-20-14-8-2-1-3-9-14)15-10-4-6-13-7-5-11-18-17(13)15/h5,7,11,14-15H,1-4,6,8-10,12H2. The zero-order chi connectivity index (χ0) is 13.8.